The van der Waals surface area contributed by atoms with Gasteiger partial charge in [0.15, 0.2) is 0 Å². The van der Waals surface area contributed by atoms with Crippen LogP contribution in [0.1, 0.15) is 19.8 Å². The van der Waals surface area contributed by atoms with Crippen molar-refractivity contribution in [1.29, 1.82) is 0 Å². The Morgan fingerprint density at radius 3 is 2.25 bits per heavy atom. The molecule has 92 valence electrons. The van der Waals surface area contributed by atoms with Gasteiger partial charge < -0.3 is 9.47 Å². The highest BCUT2D eigenvalue weighted by Gasteiger charge is 2.24. The fourth-order valence-electron chi connectivity index (χ4n) is 0.896. The highest BCUT2D eigenvalue weighted by atomic mass is 17.2. The molecule has 0 spiro atoms. The molecule has 2 rings (SSSR count). The van der Waals surface area contributed by atoms with Gasteiger partial charge in [0.1, 0.15) is 12.7 Å². The summed E-state index contributed by atoms with van der Waals surface area (Å²) in [5.41, 5.74) is 0.431. The zero-order chi connectivity index (χ0) is 11.8. The number of carbonyl (C=O) groups excluding carboxylic acids is 1. The smallest absolute Gasteiger partial charge is 0.333 e. The van der Waals surface area contributed by atoms with Crippen LogP contribution in [-0.2, 0) is 24.0 Å². The van der Waals surface area contributed by atoms with Crippen LogP contribution in [0.2, 0.25) is 0 Å². The lowest BCUT2D eigenvalue weighted by molar-refractivity contribution is -0.312. The van der Waals surface area contributed by atoms with Gasteiger partial charge in [0.05, 0.1) is 19.8 Å². The Hall–Kier alpha value is -0.910. The quantitative estimate of drug-likeness (QED) is 0.316. The molecule has 2 aliphatic heterocycles. The van der Waals surface area contributed by atoms with E-state index in [1.165, 1.54) is 0 Å². The molecule has 5 heteroatoms. The minimum atomic E-state index is -0.337. The van der Waals surface area contributed by atoms with Crippen LogP contribution in [0.5, 0.6) is 0 Å². The first-order valence-electron chi connectivity index (χ1n) is 5.39. The summed E-state index contributed by atoms with van der Waals surface area (Å²) in [7, 11) is 0. The zero-order valence-electron chi connectivity index (χ0n) is 9.57. The maximum Gasteiger partial charge on any atom is 0.333 e. The van der Waals surface area contributed by atoms with E-state index in [2.05, 4.69) is 16.4 Å². The van der Waals surface area contributed by atoms with Gasteiger partial charge in [0.2, 0.25) is 0 Å². The van der Waals surface area contributed by atoms with Crippen LogP contribution in [0.15, 0.2) is 12.2 Å². The average molecular weight is 230 g/mol. The number of esters is 1. The molecule has 0 bridgehead atoms. The van der Waals surface area contributed by atoms with Gasteiger partial charge in [-0.1, -0.05) is 6.58 Å². The summed E-state index contributed by atoms with van der Waals surface area (Å²) in [5, 5.41) is 0. The molecule has 16 heavy (non-hydrogen) atoms. The molecule has 0 radical (unpaired) electrons. The van der Waals surface area contributed by atoms with Crippen molar-refractivity contribution in [1.82, 2.24) is 0 Å². The highest BCUT2D eigenvalue weighted by molar-refractivity contribution is 5.86. The van der Waals surface area contributed by atoms with Crippen molar-refractivity contribution in [2.24, 2.45) is 0 Å². The van der Waals surface area contributed by atoms with E-state index in [4.69, 9.17) is 9.47 Å². The van der Waals surface area contributed by atoms with Crippen LogP contribution < -0.4 is 0 Å². The summed E-state index contributed by atoms with van der Waals surface area (Å²) in [6, 6.07) is 0. The van der Waals surface area contributed by atoms with Crippen molar-refractivity contribution >= 4 is 5.97 Å². The molecule has 2 aliphatic rings. The molecule has 0 aromatic carbocycles. The SMILES string of the molecule is C1CCOOC1.C=C(C)C(=O)OCC1CO1. The Morgan fingerprint density at radius 2 is 1.94 bits per heavy atom. The second kappa shape index (κ2) is 7.38. The normalized spacial score (nSPS) is 22.7. The standard InChI is InChI=1S/C7H10O3.C4H8O2/c1-5(2)7(8)10-4-6-3-9-6;1-2-4-6-5-3-1/h6H,1,3-4H2,2H3;1-4H2. The van der Waals surface area contributed by atoms with Gasteiger partial charge in [-0.2, -0.15) is 0 Å². The molecule has 5 nitrogen and oxygen atoms in total. The minimum absolute atomic E-state index is 0.142. The third-order valence-electron chi connectivity index (χ3n) is 1.94. The number of hydrogen-bond acceptors (Lipinski definition) is 5. The minimum Gasteiger partial charge on any atom is -0.459 e. The molecule has 2 saturated heterocycles. The average Bonchev–Trinajstić information content (AvgIpc) is 3.13. The van der Waals surface area contributed by atoms with Gasteiger partial charge in [-0.15, -0.1) is 0 Å². The lowest BCUT2D eigenvalue weighted by Crippen LogP contribution is -2.09. The molecule has 1 unspecified atom stereocenters. The van der Waals surface area contributed by atoms with Crippen LogP contribution in [0, 0.1) is 0 Å². The summed E-state index contributed by atoms with van der Waals surface area (Å²) in [4.78, 5) is 19.8. The molecule has 0 aliphatic carbocycles. The maximum atomic E-state index is 10.7. The van der Waals surface area contributed by atoms with E-state index in [0.29, 0.717) is 18.8 Å². The summed E-state index contributed by atoms with van der Waals surface area (Å²) >= 11 is 0. The monoisotopic (exact) mass is 230 g/mol. The Bertz CT molecular complexity index is 219. The maximum absolute atomic E-state index is 10.7. The van der Waals surface area contributed by atoms with Gasteiger partial charge in [-0.05, 0) is 19.8 Å². The molecule has 0 amide bonds. The zero-order valence-corrected chi connectivity index (χ0v) is 9.57. The predicted octanol–water partition coefficient (Wildman–Crippen LogP) is 1.23. The Balaban J connectivity index is 0.000000181. The third kappa shape index (κ3) is 6.55. The topological polar surface area (TPSA) is 57.3 Å². The summed E-state index contributed by atoms with van der Waals surface area (Å²) in [6.45, 7) is 7.69. The van der Waals surface area contributed by atoms with Crippen molar-refractivity contribution < 1.29 is 24.0 Å². The fourth-order valence-corrected chi connectivity index (χ4v) is 0.896. The predicted molar refractivity (Wildman–Crippen MR) is 56.7 cm³/mol. The van der Waals surface area contributed by atoms with Crippen molar-refractivity contribution in [3.05, 3.63) is 12.2 Å². The van der Waals surface area contributed by atoms with Gasteiger partial charge >= 0.3 is 5.97 Å². The van der Waals surface area contributed by atoms with E-state index in [-0.39, 0.29) is 12.1 Å². The lowest BCUT2D eigenvalue weighted by atomic mass is 10.3. The molecule has 2 heterocycles. The van der Waals surface area contributed by atoms with Gasteiger partial charge in [-0.25, -0.2) is 14.6 Å². The second-order valence-electron chi connectivity index (χ2n) is 3.69. The number of rotatable bonds is 3. The van der Waals surface area contributed by atoms with Crippen molar-refractivity contribution in [3.63, 3.8) is 0 Å². The first kappa shape index (κ1) is 13.2. The number of ether oxygens (including phenoxy) is 2. The van der Waals surface area contributed by atoms with E-state index >= 15 is 0 Å². The van der Waals surface area contributed by atoms with Crippen LogP contribution in [0.4, 0.5) is 0 Å². The third-order valence-corrected chi connectivity index (χ3v) is 1.94. The van der Waals surface area contributed by atoms with Gasteiger partial charge in [0, 0.05) is 5.57 Å². The molecule has 2 fully saturated rings. The van der Waals surface area contributed by atoms with E-state index in [0.717, 1.165) is 26.1 Å². The van der Waals surface area contributed by atoms with E-state index < -0.39 is 0 Å². The van der Waals surface area contributed by atoms with E-state index in [9.17, 15) is 4.79 Å². The number of carbonyl (C=O) groups is 1. The van der Waals surface area contributed by atoms with Gasteiger partial charge in [-0.3, -0.25) is 0 Å². The Morgan fingerprint density at radius 1 is 1.38 bits per heavy atom. The van der Waals surface area contributed by atoms with Crippen molar-refractivity contribution in [2.45, 2.75) is 25.9 Å². The van der Waals surface area contributed by atoms with Crippen LogP contribution >= 0.6 is 0 Å². The van der Waals surface area contributed by atoms with Crippen LogP contribution in [0.3, 0.4) is 0 Å². The highest BCUT2D eigenvalue weighted by Crippen LogP contribution is 2.09. The molecule has 0 N–H and O–H groups in total. The lowest BCUT2D eigenvalue weighted by Gasteiger charge is -2.07. The van der Waals surface area contributed by atoms with Crippen molar-refractivity contribution in [2.75, 3.05) is 26.4 Å². The second-order valence-corrected chi connectivity index (χ2v) is 3.69. The van der Waals surface area contributed by atoms with E-state index in [1.54, 1.807) is 6.92 Å². The van der Waals surface area contributed by atoms with Gasteiger partial charge in [0.25, 0.3) is 0 Å². The largest absolute Gasteiger partial charge is 0.459 e. The first-order valence-corrected chi connectivity index (χ1v) is 5.39. The fraction of sp³-hybridized carbons (Fsp3) is 0.727. The molecule has 0 aromatic rings. The van der Waals surface area contributed by atoms with Crippen LogP contribution in [0.25, 0.3) is 0 Å². The summed E-state index contributed by atoms with van der Waals surface area (Å²) < 4.78 is 9.60. The molecule has 0 saturated carbocycles. The van der Waals surface area contributed by atoms with Crippen LogP contribution in [-0.4, -0.2) is 38.5 Å². The Labute approximate surface area is 95.2 Å². The molecule has 1 atom stereocenters. The molecule has 0 aromatic heterocycles. The summed E-state index contributed by atoms with van der Waals surface area (Å²) in [5.74, 6) is -0.337. The summed E-state index contributed by atoms with van der Waals surface area (Å²) in [6.07, 6.45) is 2.45. The first-order chi connectivity index (χ1) is 7.70. The Kier molecular flexibility index (Phi) is 6.07. The molecular formula is C11H18O5. The number of hydrogen-bond donors (Lipinski definition) is 0. The van der Waals surface area contributed by atoms with Crippen molar-refractivity contribution in [3.8, 4) is 0 Å². The molecular weight excluding hydrogens is 212 g/mol. The number of epoxide rings is 1. The van der Waals surface area contributed by atoms with E-state index in [1.807, 2.05) is 0 Å².